The number of halogens is 2. The van der Waals surface area contributed by atoms with Crippen molar-refractivity contribution < 1.29 is 0 Å². The number of nitrogens with one attached hydrogen (secondary N) is 1. The Morgan fingerprint density at radius 3 is 2.76 bits per heavy atom. The largest absolute Gasteiger partial charge is 0.397 e. The van der Waals surface area contributed by atoms with Crippen molar-refractivity contribution in [3.63, 3.8) is 0 Å². The first kappa shape index (κ1) is 12.7. The highest BCUT2D eigenvalue weighted by Crippen LogP contribution is 2.24. The molecule has 0 radical (unpaired) electrons. The minimum atomic E-state index is 0.753. The molecule has 1 aromatic heterocycles. The van der Waals surface area contributed by atoms with Crippen LogP contribution in [0.5, 0.6) is 0 Å². The van der Waals surface area contributed by atoms with E-state index in [-0.39, 0.29) is 0 Å². The molecule has 0 aliphatic rings. The Hall–Kier alpha value is -0.710. The van der Waals surface area contributed by atoms with Crippen molar-refractivity contribution in [3.8, 4) is 0 Å². The minimum absolute atomic E-state index is 0.753. The first-order chi connectivity index (χ1) is 8.15. The molecular weight excluding hydrogens is 320 g/mol. The topological polar surface area (TPSA) is 38.0 Å². The van der Waals surface area contributed by atoms with Crippen molar-refractivity contribution in [2.75, 3.05) is 17.6 Å². The fourth-order valence-corrected chi connectivity index (χ4v) is 2.97. The van der Waals surface area contributed by atoms with E-state index in [0.29, 0.717) is 0 Å². The lowest BCUT2D eigenvalue weighted by Crippen LogP contribution is -2.05. The number of nitrogens with two attached hydrogens (primary N) is 1. The Balaban J connectivity index is 1.90. The third-order valence-corrected chi connectivity index (χ3v) is 4.11. The Morgan fingerprint density at radius 1 is 1.29 bits per heavy atom. The Labute approximate surface area is 118 Å². The molecule has 17 heavy (non-hydrogen) atoms. The normalized spacial score (nSPS) is 10.5. The van der Waals surface area contributed by atoms with Gasteiger partial charge in [-0.05, 0) is 36.8 Å². The molecule has 0 unspecified atom stereocenters. The molecule has 2 aromatic rings. The molecule has 0 saturated heterocycles. The molecule has 0 bridgehead atoms. The summed E-state index contributed by atoms with van der Waals surface area (Å²) in [6.07, 6.45) is 0.951. The second-order valence-corrected chi connectivity index (χ2v) is 6.33. The van der Waals surface area contributed by atoms with E-state index < -0.39 is 0 Å². The maximum absolute atomic E-state index is 5.89. The van der Waals surface area contributed by atoms with Crippen molar-refractivity contribution in [3.05, 3.63) is 44.0 Å². The van der Waals surface area contributed by atoms with Crippen LogP contribution >= 0.6 is 38.9 Å². The van der Waals surface area contributed by atoms with E-state index >= 15 is 0 Å². The Kier molecular flexibility index (Phi) is 4.31. The molecule has 0 aliphatic heterocycles. The zero-order valence-corrected chi connectivity index (χ0v) is 12.2. The Morgan fingerprint density at radius 2 is 2.12 bits per heavy atom. The summed E-state index contributed by atoms with van der Waals surface area (Å²) in [5.41, 5.74) is 7.62. The van der Waals surface area contributed by atoms with E-state index in [2.05, 4.69) is 27.3 Å². The van der Waals surface area contributed by atoms with Crippen LogP contribution in [0.1, 0.15) is 4.88 Å². The number of hydrogen-bond donors (Lipinski definition) is 2. The van der Waals surface area contributed by atoms with Crippen LogP contribution < -0.4 is 11.1 Å². The van der Waals surface area contributed by atoms with Gasteiger partial charge in [0, 0.05) is 15.9 Å². The molecule has 90 valence electrons. The maximum Gasteiger partial charge on any atom is 0.0931 e. The zero-order chi connectivity index (χ0) is 12.3. The lowest BCUT2D eigenvalue weighted by molar-refractivity contribution is 1.05. The van der Waals surface area contributed by atoms with Gasteiger partial charge < -0.3 is 11.1 Å². The van der Waals surface area contributed by atoms with Gasteiger partial charge in [-0.25, -0.2) is 0 Å². The molecular formula is C12H12BrClN2S. The standard InChI is InChI=1S/C12H12BrClN2S/c13-8-1-3-11(10(15)7-8)16-6-5-9-2-4-12(14)17-9/h1-4,7,16H,5-6,15H2. The SMILES string of the molecule is Nc1cc(Br)ccc1NCCc1ccc(Cl)s1. The first-order valence-corrected chi connectivity index (χ1v) is 7.17. The third kappa shape index (κ3) is 3.63. The minimum Gasteiger partial charge on any atom is -0.397 e. The fourth-order valence-electron chi connectivity index (χ4n) is 1.50. The smallest absolute Gasteiger partial charge is 0.0931 e. The van der Waals surface area contributed by atoms with Crippen molar-refractivity contribution >= 4 is 50.2 Å². The molecule has 3 N–H and O–H groups in total. The van der Waals surface area contributed by atoms with Crippen LogP contribution in [0.4, 0.5) is 11.4 Å². The van der Waals surface area contributed by atoms with E-state index in [1.165, 1.54) is 4.88 Å². The van der Waals surface area contributed by atoms with Crippen molar-refractivity contribution in [2.45, 2.75) is 6.42 Å². The zero-order valence-electron chi connectivity index (χ0n) is 9.04. The number of thiophene rings is 1. The van der Waals surface area contributed by atoms with Gasteiger partial charge in [0.1, 0.15) is 0 Å². The molecule has 0 saturated carbocycles. The summed E-state index contributed by atoms with van der Waals surface area (Å²) in [5.74, 6) is 0. The van der Waals surface area contributed by atoms with Gasteiger partial charge in [0.15, 0.2) is 0 Å². The van der Waals surface area contributed by atoms with Crippen molar-refractivity contribution in [1.29, 1.82) is 0 Å². The molecule has 2 nitrogen and oxygen atoms in total. The highest BCUT2D eigenvalue weighted by molar-refractivity contribution is 9.10. The Bertz CT molecular complexity index is 513. The van der Waals surface area contributed by atoms with Crippen molar-refractivity contribution in [2.24, 2.45) is 0 Å². The van der Waals surface area contributed by atoms with Gasteiger partial charge in [0.25, 0.3) is 0 Å². The molecule has 1 heterocycles. The lowest BCUT2D eigenvalue weighted by Gasteiger charge is -2.08. The van der Waals surface area contributed by atoms with E-state index in [0.717, 1.165) is 33.1 Å². The van der Waals surface area contributed by atoms with Gasteiger partial charge in [-0.3, -0.25) is 0 Å². The lowest BCUT2D eigenvalue weighted by atomic mass is 10.2. The van der Waals surface area contributed by atoms with Gasteiger partial charge in [-0.2, -0.15) is 0 Å². The molecule has 2 rings (SSSR count). The molecule has 5 heteroatoms. The van der Waals surface area contributed by atoms with Crippen LogP contribution in [0.2, 0.25) is 4.34 Å². The summed E-state index contributed by atoms with van der Waals surface area (Å²) >= 11 is 10.9. The van der Waals surface area contributed by atoms with Gasteiger partial charge in [0.05, 0.1) is 15.7 Å². The summed E-state index contributed by atoms with van der Waals surface area (Å²) in [7, 11) is 0. The summed E-state index contributed by atoms with van der Waals surface area (Å²) in [6, 6.07) is 9.82. The molecule has 0 fully saturated rings. The molecule has 1 aromatic carbocycles. The third-order valence-electron chi connectivity index (χ3n) is 2.33. The molecule has 0 amide bonds. The number of rotatable bonds is 4. The van der Waals surface area contributed by atoms with E-state index in [1.807, 2.05) is 24.3 Å². The van der Waals surface area contributed by atoms with E-state index in [1.54, 1.807) is 11.3 Å². The van der Waals surface area contributed by atoms with Crippen LogP contribution in [0.3, 0.4) is 0 Å². The maximum atomic E-state index is 5.89. The van der Waals surface area contributed by atoms with Gasteiger partial charge in [-0.1, -0.05) is 27.5 Å². The molecule has 0 aliphatic carbocycles. The van der Waals surface area contributed by atoms with Crippen LogP contribution in [0.15, 0.2) is 34.8 Å². The number of hydrogen-bond acceptors (Lipinski definition) is 3. The number of benzene rings is 1. The quantitative estimate of drug-likeness (QED) is 0.815. The van der Waals surface area contributed by atoms with Gasteiger partial charge in [-0.15, -0.1) is 11.3 Å². The monoisotopic (exact) mass is 330 g/mol. The highest BCUT2D eigenvalue weighted by Gasteiger charge is 2.01. The first-order valence-electron chi connectivity index (χ1n) is 5.18. The second kappa shape index (κ2) is 5.76. The van der Waals surface area contributed by atoms with E-state index in [4.69, 9.17) is 17.3 Å². The van der Waals surface area contributed by atoms with Crippen LogP contribution in [-0.2, 0) is 6.42 Å². The van der Waals surface area contributed by atoms with Crippen LogP contribution in [0, 0.1) is 0 Å². The average molecular weight is 332 g/mol. The second-order valence-electron chi connectivity index (χ2n) is 3.61. The van der Waals surface area contributed by atoms with E-state index in [9.17, 15) is 0 Å². The van der Waals surface area contributed by atoms with Crippen LogP contribution in [0.25, 0.3) is 0 Å². The molecule has 0 atom stereocenters. The average Bonchev–Trinajstić information content (AvgIpc) is 2.68. The highest BCUT2D eigenvalue weighted by atomic mass is 79.9. The van der Waals surface area contributed by atoms with Gasteiger partial charge in [0.2, 0.25) is 0 Å². The predicted octanol–water partition coefficient (Wildman–Crippen LogP) is 4.40. The number of anilines is 2. The summed E-state index contributed by atoms with van der Waals surface area (Å²) in [5, 5.41) is 3.32. The van der Waals surface area contributed by atoms with Crippen molar-refractivity contribution in [1.82, 2.24) is 0 Å². The number of nitrogen functional groups attached to an aromatic ring is 1. The summed E-state index contributed by atoms with van der Waals surface area (Å²) in [4.78, 5) is 1.28. The summed E-state index contributed by atoms with van der Waals surface area (Å²) in [6.45, 7) is 0.850. The van der Waals surface area contributed by atoms with Crippen LogP contribution in [-0.4, -0.2) is 6.54 Å². The fraction of sp³-hybridized carbons (Fsp3) is 0.167. The van der Waals surface area contributed by atoms with Gasteiger partial charge >= 0.3 is 0 Å². The molecule has 0 spiro atoms. The summed E-state index contributed by atoms with van der Waals surface area (Å²) < 4.78 is 1.83. The predicted molar refractivity (Wildman–Crippen MR) is 80.1 cm³/mol.